The maximum Gasteiger partial charge on any atom is 0.263 e. The lowest BCUT2D eigenvalue weighted by molar-refractivity contribution is 0.0912. The number of nitrogens with one attached hydrogen (secondary N) is 1. The van der Waals surface area contributed by atoms with Gasteiger partial charge in [0.05, 0.1) is 24.4 Å². The highest BCUT2D eigenvalue weighted by atomic mass is 32.1. The molecule has 1 amide bonds. The van der Waals surface area contributed by atoms with Crippen molar-refractivity contribution in [1.29, 1.82) is 0 Å². The van der Waals surface area contributed by atoms with Gasteiger partial charge < -0.3 is 10.4 Å². The van der Waals surface area contributed by atoms with Crippen LogP contribution in [0.15, 0.2) is 11.7 Å². The summed E-state index contributed by atoms with van der Waals surface area (Å²) in [6.07, 6.45) is 2.31. The van der Waals surface area contributed by atoms with E-state index >= 15 is 0 Å². The van der Waals surface area contributed by atoms with Crippen LogP contribution in [0, 0.1) is 5.92 Å². The van der Waals surface area contributed by atoms with Gasteiger partial charge in [0.25, 0.3) is 5.91 Å². The van der Waals surface area contributed by atoms with E-state index in [2.05, 4.69) is 24.1 Å². The number of thiazole rings is 1. The molecule has 0 saturated carbocycles. The lowest BCUT2D eigenvalue weighted by Crippen LogP contribution is -2.38. The van der Waals surface area contributed by atoms with Crippen LogP contribution < -0.4 is 5.32 Å². The molecule has 0 bridgehead atoms. The van der Waals surface area contributed by atoms with Crippen LogP contribution in [0.2, 0.25) is 0 Å². The van der Waals surface area contributed by atoms with Gasteiger partial charge in [-0.05, 0) is 12.3 Å². The van der Waals surface area contributed by atoms with Crippen molar-refractivity contribution >= 4 is 17.2 Å². The van der Waals surface area contributed by atoms with Crippen molar-refractivity contribution < 1.29 is 9.90 Å². The zero-order chi connectivity index (χ0) is 11.3. The maximum atomic E-state index is 11.6. The fourth-order valence-electron chi connectivity index (χ4n) is 1.33. The smallest absolute Gasteiger partial charge is 0.263 e. The number of nitrogens with zero attached hydrogens (tertiary/aromatic N) is 1. The minimum atomic E-state index is -0.167. The summed E-state index contributed by atoms with van der Waals surface area (Å²) in [6.45, 7) is 4.09. The number of aliphatic hydroxyl groups is 1. The van der Waals surface area contributed by atoms with Crippen molar-refractivity contribution in [2.75, 3.05) is 6.61 Å². The minimum Gasteiger partial charge on any atom is -0.394 e. The molecular formula is C10H16N2O2S. The van der Waals surface area contributed by atoms with Crippen LogP contribution in [0.25, 0.3) is 0 Å². The maximum absolute atomic E-state index is 11.6. The summed E-state index contributed by atoms with van der Waals surface area (Å²) >= 11 is 1.30. The molecule has 0 aliphatic carbocycles. The van der Waals surface area contributed by atoms with Gasteiger partial charge in [-0.25, -0.2) is 0 Å². The van der Waals surface area contributed by atoms with Gasteiger partial charge in [-0.15, -0.1) is 11.3 Å². The van der Waals surface area contributed by atoms with Crippen LogP contribution in [0.5, 0.6) is 0 Å². The quantitative estimate of drug-likeness (QED) is 0.798. The summed E-state index contributed by atoms with van der Waals surface area (Å²) in [5, 5.41) is 11.9. The number of aliphatic hydroxyl groups excluding tert-OH is 1. The van der Waals surface area contributed by atoms with Gasteiger partial charge in [0.15, 0.2) is 0 Å². The van der Waals surface area contributed by atoms with Crippen LogP contribution in [0.1, 0.15) is 29.9 Å². The fourth-order valence-corrected chi connectivity index (χ4v) is 1.86. The van der Waals surface area contributed by atoms with Gasteiger partial charge in [0, 0.05) is 0 Å². The SMILES string of the molecule is CC(C)CC(CO)NC(=O)c1cncs1. The van der Waals surface area contributed by atoms with Crippen LogP contribution >= 0.6 is 11.3 Å². The topological polar surface area (TPSA) is 62.2 Å². The molecule has 0 aliphatic rings. The van der Waals surface area contributed by atoms with Crippen molar-refractivity contribution in [3.05, 3.63) is 16.6 Å². The van der Waals surface area contributed by atoms with Gasteiger partial charge in [0.1, 0.15) is 4.88 Å². The molecule has 0 aromatic carbocycles. The third-order valence-electron chi connectivity index (χ3n) is 1.97. The van der Waals surface area contributed by atoms with E-state index in [0.717, 1.165) is 6.42 Å². The highest BCUT2D eigenvalue weighted by molar-refractivity contribution is 7.11. The zero-order valence-corrected chi connectivity index (χ0v) is 9.75. The van der Waals surface area contributed by atoms with Crippen molar-refractivity contribution in [2.24, 2.45) is 5.92 Å². The van der Waals surface area contributed by atoms with Gasteiger partial charge in [-0.1, -0.05) is 13.8 Å². The van der Waals surface area contributed by atoms with Crippen LogP contribution in [-0.2, 0) is 0 Å². The summed E-state index contributed by atoms with van der Waals surface area (Å²) in [5.41, 5.74) is 1.62. The van der Waals surface area contributed by atoms with E-state index in [1.807, 2.05) is 0 Å². The average Bonchev–Trinajstić information content (AvgIpc) is 2.68. The largest absolute Gasteiger partial charge is 0.394 e. The van der Waals surface area contributed by atoms with E-state index in [-0.39, 0.29) is 18.6 Å². The molecule has 2 N–H and O–H groups in total. The Balaban J connectivity index is 2.48. The number of aromatic nitrogens is 1. The summed E-state index contributed by atoms with van der Waals surface area (Å²) in [4.78, 5) is 16.0. The van der Waals surface area contributed by atoms with Gasteiger partial charge in [-0.3, -0.25) is 9.78 Å². The Morgan fingerprint density at radius 2 is 2.40 bits per heavy atom. The number of amides is 1. The van der Waals surface area contributed by atoms with Gasteiger partial charge in [-0.2, -0.15) is 0 Å². The Bertz CT molecular complexity index is 298. The summed E-state index contributed by atoms with van der Waals surface area (Å²) in [6, 6.07) is -0.167. The molecule has 0 spiro atoms. The molecule has 1 aromatic heterocycles. The molecule has 1 aromatic rings. The lowest BCUT2D eigenvalue weighted by atomic mass is 10.0. The molecule has 84 valence electrons. The second kappa shape index (κ2) is 5.82. The predicted octanol–water partition coefficient (Wildman–Crippen LogP) is 1.28. The minimum absolute atomic E-state index is 0.0251. The second-order valence-corrected chi connectivity index (χ2v) is 4.73. The molecule has 1 atom stereocenters. The van der Waals surface area contributed by atoms with Crippen molar-refractivity contribution in [3.63, 3.8) is 0 Å². The molecular weight excluding hydrogens is 212 g/mol. The highest BCUT2D eigenvalue weighted by Gasteiger charge is 2.14. The molecule has 1 unspecified atom stereocenters. The summed E-state index contributed by atoms with van der Waals surface area (Å²) < 4.78 is 0. The number of carbonyl (C=O) groups is 1. The van der Waals surface area contributed by atoms with Crippen LogP contribution in [-0.4, -0.2) is 28.6 Å². The number of hydrogen-bond acceptors (Lipinski definition) is 4. The standard InChI is InChI=1S/C10H16N2O2S/c1-7(2)3-8(5-13)12-10(14)9-4-11-6-15-9/h4,6-8,13H,3,5H2,1-2H3,(H,12,14). The molecule has 15 heavy (non-hydrogen) atoms. The van der Waals surface area contributed by atoms with E-state index in [1.165, 1.54) is 17.5 Å². The third kappa shape index (κ3) is 3.97. The molecule has 4 nitrogen and oxygen atoms in total. The summed E-state index contributed by atoms with van der Waals surface area (Å²) in [7, 11) is 0. The Morgan fingerprint density at radius 1 is 1.67 bits per heavy atom. The number of rotatable bonds is 5. The Hall–Kier alpha value is -0.940. The molecule has 5 heteroatoms. The van der Waals surface area contributed by atoms with Gasteiger partial charge >= 0.3 is 0 Å². The zero-order valence-electron chi connectivity index (χ0n) is 8.93. The number of hydrogen-bond donors (Lipinski definition) is 2. The highest BCUT2D eigenvalue weighted by Crippen LogP contribution is 2.08. The van der Waals surface area contributed by atoms with E-state index in [9.17, 15) is 4.79 Å². The third-order valence-corrected chi connectivity index (χ3v) is 2.74. The Morgan fingerprint density at radius 3 is 2.87 bits per heavy atom. The van der Waals surface area contributed by atoms with Gasteiger partial charge in [0.2, 0.25) is 0 Å². The van der Waals surface area contributed by atoms with Crippen molar-refractivity contribution in [2.45, 2.75) is 26.3 Å². The van der Waals surface area contributed by atoms with E-state index in [4.69, 9.17) is 5.11 Å². The van der Waals surface area contributed by atoms with E-state index < -0.39 is 0 Å². The Labute approximate surface area is 93.4 Å². The first-order valence-electron chi connectivity index (χ1n) is 4.93. The lowest BCUT2D eigenvalue weighted by Gasteiger charge is -2.17. The van der Waals surface area contributed by atoms with Crippen molar-refractivity contribution in [3.8, 4) is 0 Å². The first kappa shape index (κ1) is 12.1. The van der Waals surface area contributed by atoms with Crippen molar-refractivity contribution in [1.82, 2.24) is 10.3 Å². The molecule has 0 fully saturated rings. The summed E-state index contributed by atoms with van der Waals surface area (Å²) in [5.74, 6) is 0.293. The monoisotopic (exact) mass is 228 g/mol. The Kier molecular flexibility index (Phi) is 4.71. The average molecular weight is 228 g/mol. The van der Waals surface area contributed by atoms with Crippen LogP contribution in [0.4, 0.5) is 0 Å². The second-order valence-electron chi connectivity index (χ2n) is 3.85. The predicted molar refractivity (Wildman–Crippen MR) is 59.9 cm³/mol. The first-order valence-corrected chi connectivity index (χ1v) is 5.81. The molecule has 0 radical (unpaired) electrons. The number of carbonyl (C=O) groups excluding carboxylic acids is 1. The van der Waals surface area contributed by atoms with E-state index in [0.29, 0.717) is 10.8 Å². The first-order chi connectivity index (χ1) is 7.13. The fraction of sp³-hybridized carbons (Fsp3) is 0.600. The molecule has 0 aliphatic heterocycles. The van der Waals surface area contributed by atoms with Crippen LogP contribution in [0.3, 0.4) is 0 Å². The normalized spacial score (nSPS) is 12.8. The molecule has 0 saturated heterocycles. The van der Waals surface area contributed by atoms with E-state index in [1.54, 1.807) is 5.51 Å². The molecule has 1 heterocycles. The molecule has 1 rings (SSSR count).